The van der Waals surface area contributed by atoms with Crippen molar-refractivity contribution in [2.45, 2.75) is 26.1 Å². The summed E-state index contributed by atoms with van der Waals surface area (Å²) in [5.41, 5.74) is 1.32. The molecule has 1 aromatic carbocycles. The molecular weight excluding hydrogens is 226 g/mol. The summed E-state index contributed by atoms with van der Waals surface area (Å²) in [6.45, 7) is 10.1. The van der Waals surface area contributed by atoms with Gasteiger partial charge in [-0.15, -0.1) is 0 Å². The lowest BCUT2D eigenvalue weighted by Gasteiger charge is -2.35. The summed E-state index contributed by atoms with van der Waals surface area (Å²) >= 11 is 0. The van der Waals surface area contributed by atoms with Crippen molar-refractivity contribution in [3.05, 3.63) is 30.3 Å². The Bertz CT molecular complexity index is 352. The second kappa shape index (κ2) is 5.23. The van der Waals surface area contributed by atoms with Crippen LogP contribution < -0.4 is 4.90 Å². The Labute approximate surface area is 106 Å². The van der Waals surface area contributed by atoms with Crippen LogP contribution in [0.2, 0.25) is 19.1 Å². The van der Waals surface area contributed by atoms with E-state index in [1.165, 1.54) is 11.7 Å². The zero-order chi connectivity index (χ0) is 12.3. The third-order valence-corrected chi connectivity index (χ3v) is 6.01. The first-order chi connectivity index (χ1) is 8.07. The summed E-state index contributed by atoms with van der Waals surface area (Å²) in [5, 5.41) is 0. The van der Waals surface area contributed by atoms with Gasteiger partial charge in [0.25, 0.3) is 0 Å². The Balaban J connectivity index is 2.07. The molecule has 0 aliphatic carbocycles. The van der Waals surface area contributed by atoms with E-state index in [1.807, 2.05) is 0 Å². The molecule has 2 rings (SSSR count). The summed E-state index contributed by atoms with van der Waals surface area (Å²) in [4.78, 5) is 2.45. The van der Waals surface area contributed by atoms with Gasteiger partial charge in [0.05, 0.1) is 6.61 Å². The first kappa shape index (κ1) is 12.6. The summed E-state index contributed by atoms with van der Waals surface area (Å²) < 4.78 is 6.09. The molecule has 1 unspecified atom stereocenters. The monoisotopic (exact) mass is 249 g/mol. The van der Waals surface area contributed by atoms with Gasteiger partial charge < -0.3 is 9.33 Å². The first-order valence-electron chi connectivity index (χ1n) is 6.51. The lowest BCUT2D eigenvalue weighted by Crippen LogP contribution is -2.43. The van der Waals surface area contributed by atoms with Crippen molar-refractivity contribution >= 4 is 14.0 Å². The Hall–Kier alpha value is -0.803. The maximum Gasteiger partial charge on any atom is 0.187 e. The molecule has 0 bridgehead atoms. The Kier molecular flexibility index (Phi) is 3.89. The molecule has 1 heterocycles. The van der Waals surface area contributed by atoms with E-state index in [1.54, 1.807) is 0 Å². The van der Waals surface area contributed by atoms with E-state index in [4.69, 9.17) is 4.43 Å². The maximum atomic E-state index is 6.09. The van der Waals surface area contributed by atoms with E-state index in [9.17, 15) is 0 Å². The first-order valence-corrected chi connectivity index (χ1v) is 9.62. The average molecular weight is 249 g/mol. The van der Waals surface area contributed by atoms with Gasteiger partial charge in [0.1, 0.15) is 0 Å². The third-order valence-electron chi connectivity index (χ3n) is 3.35. The molecular formula is C14H23NOSi. The lowest BCUT2D eigenvalue weighted by molar-refractivity contribution is 0.295. The number of para-hydroxylation sites is 1. The molecule has 0 amide bonds. The van der Waals surface area contributed by atoms with Crippen molar-refractivity contribution in [3.63, 3.8) is 0 Å². The van der Waals surface area contributed by atoms with Gasteiger partial charge in [-0.3, -0.25) is 0 Å². The average Bonchev–Trinajstić information content (AvgIpc) is 2.26. The Morgan fingerprint density at radius 2 is 1.94 bits per heavy atom. The quantitative estimate of drug-likeness (QED) is 0.708. The van der Waals surface area contributed by atoms with Gasteiger partial charge in [-0.05, 0) is 37.2 Å². The second-order valence-corrected chi connectivity index (χ2v) is 9.92. The molecule has 1 saturated heterocycles. The fraction of sp³-hybridized carbons (Fsp3) is 0.571. The van der Waals surface area contributed by atoms with Gasteiger partial charge in [0.2, 0.25) is 0 Å². The summed E-state index contributed by atoms with van der Waals surface area (Å²) in [7, 11) is -1.39. The minimum absolute atomic E-state index is 0.720. The molecule has 1 aromatic rings. The normalized spacial score (nSPS) is 25.1. The zero-order valence-corrected chi connectivity index (χ0v) is 12.1. The molecule has 0 aromatic heterocycles. The molecule has 0 saturated carbocycles. The Morgan fingerprint density at radius 1 is 1.24 bits per heavy atom. The van der Waals surface area contributed by atoms with E-state index < -0.39 is 8.32 Å². The van der Waals surface area contributed by atoms with Crippen LogP contribution in [0.1, 0.15) is 6.92 Å². The van der Waals surface area contributed by atoms with Crippen LogP contribution in [0.5, 0.6) is 0 Å². The van der Waals surface area contributed by atoms with E-state index in [0.29, 0.717) is 0 Å². The van der Waals surface area contributed by atoms with Crippen LogP contribution in [0.3, 0.4) is 0 Å². The van der Waals surface area contributed by atoms with E-state index in [-0.39, 0.29) is 0 Å². The molecule has 1 atom stereocenters. The standard InChI is InChI=1S/C14H23NOSi/c1-13-11-15(14-7-5-4-6-8-14)9-10-16-17(2,3)12-13/h4-8,13H,9-12H2,1-3H3. The predicted octanol–water partition coefficient (Wildman–Crippen LogP) is 3.36. The van der Waals surface area contributed by atoms with Crippen LogP contribution >= 0.6 is 0 Å². The molecule has 0 spiro atoms. The third kappa shape index (κ3) is 3.58. The van der Waals surface area contributed by atoms with Crippen molar-refractivity contribution in [1.82, 2.24) is 0 Å². The smallest absolute Gasteiger partial charge is 0.187 e. The van der Waals surface area contributed by atoms with Crippen LogP contribution in [0.15, 0.2) is 30.3 Å². The van der Waals surface area contributed by atoms with Gasteiger partial charge in [0.15, 0.2) is 8.32 Å². The van der Waals surface area contributed by atoms with Crippen LogP contribution in [-0.2, 0) is 4.43 Å². The highest BCUT2D eigenvalue weighted by atomic mass is 28.4. The molecule has 0 N–H and O–H groups in total. The topological polar surface area (TPSA) is 12.5 Å². The highest BCUT2D eigenvalue weighted by Gasteiger charge is 2.28. The number of nitrogens with zero attached hydrogens (tertiary/aromatic N) is 1. The van der Waals surface area contributed by atoms with Crippen molar-refractivity contribution in [3.8, 4) is 0 Å². The number of rotatable bonds is 1. The largest absolute Gasteiger partial charge is 0.416 e. The van der Waals surface area contributed by atoms with Gasteiger partial charge in [-0.2, -0.15) is 0 Å². The molecule has 1 fully saturated rings. The molecule has 94 valence electrons. The van der Waals surface area contributed by atoms with Crippen molar-refractivity contribution in [2.75, 3.05) is 24.6 Å². The fourth-order valence-electron chi connectivity index (χ4n) is 2.74. The van der Waals surface area contributed by atoms with Crippen LogP contribution in [0.4, 0.5) is 5.69 Å². The van der Waals surface area contributed by atoms with Crippen LogP contribution in [0, 0.1) is 5.92 Å². The number of hydrogen-bond donors (Lipinski definition) is 0. The fourth-order valence-corrected chi connectivity index (χ4v) is 5.30. The molecule has 3 heteroatoms. The van der Waals surface area contributed by atoms with Crippen molar-refractivity contribution < 1.29 is 4.43 Å². The number of benzene rings is 1. The van der Waals surface area contributed by atoms with Gasteiger partial charge in [-0.25, -0.2) is 0 Å². The molecule has 17 heavy (non-hydrogen) atoms. The van der Waals surface area contributed by atoms with Gasteiger partial charge >= 0.3 is 0 Å². The number of hydrogen-bond acceptors (Lipinski definition) is 2. The predicted molar refractivity (Wildman–Crippen MR) is 76.1 cm³/mol. The van der Waals surface area contributed by atoms with Crippen molar-refractivity contribution in [2.24, 2.45) is 5.92 Å². The summed E-state index contributed by atoms with van der Waals surface area (Å²) in [5.74, 6) is 0.720. The molecule has 0 radical (unpaired) electrons. The maximum absolute atomic E-state index is 6.09. The molecule has 1 aliphatic heterocycles. The minimum Gasteiger partial charge on any atom is -0.416 e. The highest BCUT2D eigenvalue weighted by molar-refractivity contribution is 6.71. The second-order valence-electron chi connectivity index (χ2n) is 5.70. The number of anilines is 1. The zero-order valence-electron chi connectivity index (χ0n) is 11.1. The van der Waals surface area contributed by atoms with E-state index in [2.05, 4.69) is 55.2 Å². The summed E-state index contributed by atoms with van der Waals surface area (Å²) in [6, 6.07) is 11.9. The minimum atomic E-state index is -1.39. The highest BCUT2D eigenvalue weighted by Crippen LogP contribution is 2.24. The lowest BCUT2D eigenvalue weighted by atomic mass is 10.2. The Morgan fingerprint density at radius 3 is 2.65 bits per heavy atom. The SMILES string of the molecule is CC1CN(c2ccccc2)CCO[Si](C)(C)C1. The van der Waals surface area contributed by atoms with Crippen molar-refractivity contribution in [1.29, 1.82) is 0 Å². The van der Waals surface area contributed by atoms with Gasteiger partial charge in [-0.1, -0.05) is 25.1 Å². The van der Waals surface area contributed by atoms with Crippen LogP contribution in [-0.4, -0.2) is 28.0 Å². The van der Waals surface area contributed by atoms with E-state index >= 15 is 0 Å². The van der Waals surface area contributed by atoms with E-state index in [0.717, 1.165) is 25.6 Å². The van der Waals surface area contributed by atoms with Gasteiger partial charge in [0, 0.05) is 18.8 Å². The van der Waals surface area contributed by atoms with Crippen LogP contribution in [0.25, 0.3) is 0 Å². The summed E-state index contributed by atoms with van der Waals surface area (Å²) in [6.07, 6.45) is 0. The molecule has 1 aliphatic rings. The molecule has 2 nitrogen and oxygen atoms in total.